The van der Waals surface area contributed by atoms with Crippen molar-refractivity contribution in [3.63, 3.8) is 0 Å². The van der Waals surface area contributed by atoms with Gasteiger partial charge < -0.3 is 15.6 Å². The SMILES string of the molecule is COc1ccc(-c2scc(C(C)=NCC(=O)c3ccc(C(=O)CC(C)c4ccc(C(N)=O)cc4)s3)c2O)cc1. The molecule has 2 aromatic heterocycles. The molecule has 3 N–H and O–H groups in total. The molecule has 1 unspecified atom stereocenters. The number of aliphatic imine (C=N–C) groups is 1. The number of hydrogen-bond donors (Lipinski definition) is 2. The molecule has 0 saturated heterocycles. The van der Waals surface area contributed by atoms with Crippen LogP contribution in [0.4, 0.5) is 0 Å². The molecule has 39 heavy (non-hydrogen) atoms. The van der Waals surface area contributed by atoms with E-state index >= 15 is 0 Å². The molecule has 7 nitrogen and oxygen atoms in total. The molecule has 2 heterocycles. The molecule has 0 spiro atoms. The van der Waals surface area contributed by atoms with Crippen LogP contribution in [-0.2, 0) is 0 Å². The number of carbonyl (C=O) groups is 3. The second-order valence-corrected chi connectivity index (χ2v) is 11.0. The number of ketones is 2. The number of ether oxygens (including phenoxy) is 1. The number of thiophene rings is 2. The van der Waals surface area contributed by atoms with Crippen LogP contribution >= 0.6 is 22.7 Å². The summed E-state index contributed by atoms with van der Waals surface area (Å²) in [7, 11) is 1.60. The third-order valence-electron chi connectivity index (χ3n) is 6.38. The Kier molecular flexibility index (Phi) is 8.73. The van der Waals surface area contributed by atoms with Crippen LogP contribution in [0.3, 0.4) is 0 Å². The Morgan fingerprint density at radius 2 is 1.62 bits per heavy atom. The molecule has 0 saturated carbocycles. The average Bonchev–Trinajstić information content (AvgIpc) is 3.59. The number of nitrogens with zero attached hydrogens (tertiary/aromatic N) is 1. The Morgan fingerprint density at radius 3 is 2.23 bits per heavy atom. The van der Waals surface area contributed by atoms with Crippen LogP contribution < -0.4 is 10.5 Å². The predicted octanol–water partition coefficient (Wildman–Crippen LogP) is 6.36. The topological polar surface area (TPSA) is 119 Å². The largest absolute Gasteiger partial charge is 0.506 e. The third kappa shape index (κ3) is 6.50. The van der Waals surface area contributed by atoms with Crippen LogP contribution in [0.2, 0.25) is 0 Å². The zero-order valence-electron chi connectivity index (χ0n) is 21.8. The molecule has 0 aliphatic rings. The van der Waals surface area contributed by atoms with Gasteiger partial charge in [0.1, 0.15) is 18.0 Å². The summed E-state index contributed by atoms with van der Waals surface area (Å²) in [5, 5.41) is 12.6. The van der Waals surface area contributed by atoms with Crippen molar-refractivity contribution in [2.24, 2.45) is 10.7 Å². The minimum Gasteiger partial charge on any atom is -0.506 e. The molecule has 0 aliphatic carbocycles. The molecule has 0 aliphatic heterocycles. The highest BCUT2D eigenvalue weighted by molar-refractivity contribution is 7.16. The van der Waals surface area contributed by atoms with Crippen LogP contribution in [0, 0.1) is 0 Å². The van der Waals surface area contributed by atoms with Crippen molar-refractivity contribution in [1.29, 1.82) is 0 Å². The number of primary amides is 1. The molecule has 4 aromatic rings. The Hall–Kier alpha value is -4.08. The fourth-order valence-electron chi connectivity index (χ4n) is 4.02. The quantitative estimate of drug-likeness (QED) is 0.163. The van der Waals surface area contributed by atoms with E-state index in [2.05, 4.69) is 4.99 Å². The first kappa shape index (κ1) is 27.9. The Morgan fingerprint density at radius 1 is 0.974 bits per heavy atom. The van der Waals surface area contributed by atoms with Gasteiger partial charge in [-0.05, 0) is 72.5 Å². The van der Waals surface area contributed by atoms with Gasteiger partial charge in [0.25, 0.3) is 0 Å². The summed E-state index contributed by atoms with van der Waals surface area (Å²) in [6.45, 7) is 3.61. The maximum absolute atomic E-state index is 12.8. The highest BCUT2D eigenvalue weighted by Crippen LogP contribution is 2.39. The molecular weight excluding hydrogens is 532 g/mol. The number of rotatable bonds is 11. The average molecular weight is 561 g/mol. The molecule has 9 heteroatoms. The maximum atomic E-state index is 12.8. The first-order valence-corrected chi connectivity index (χ1v) is 13.9. The Bertz CT molecular complexity index is 1530. The molecule has 1 amide bonds. The van der Waals surface area contributed by atoms with Gasteiger partial charge in [-0.15, -0.1) is 22.7 Å². The number of amides is 1. The molecule has 200 valence electrons. The lowest BCUT2D eigenvalue weighted by molar-refractivity contribution is 0.0975. The maximum Gasteiger partial charge on any atom is 0.248 e. The molecule has 0 bridgehead atoms. The van der Waals surface area contributed by atoms with Gasteiger partial charge in [0, 0.05) is 28.6 Å². The fraction of sp³-hybridized carbons (Fsp3) is 0.200. The second kappa shape index (κ2) is 12.2. The van der Waals surface area contributed by atoms with Crippen molar-refractivity contribution >= 4 is 45.9 Å². The number of aromatic hydroxyl groups is 1. The number of hydrogen-bond acceptors (Lipinski definition) is 8. The third-order valence-corrected chi connectivity index (χ3v) is 8.56. The van der Waals surface area contributed by atoms with E-state index < -0.39 is 5.91 Å². The van der Waals surface area contributed by atoms with Crippen LogP contribution in [0.15, 0.2) is 71.0 Å². The lowest BCUT2D eigenvalue weighted by Crippen LogP contribution is -2.11. The summed E-state index contributed by atoms with van der Waals surface area (Å²) in [5.74, 6) is 0.0509. The van der Waals surface area contributed by atoms with Gasteiger partial charge >= 0.3 is 0 Å². The van der Waals surface area contributed by atoms with Crippen molar-refractivity contribution in [2.45, 2.75) is 26.2 Å². The summed E-state index contributed by atoms with van der Waals surface area (Å²) >= 11 is 2.56. The van der Waals surface area contributed by atoms with Crippen molar-refractivity contribution in [3.05, 3.63) is 92.5 Å². The fourth-order valence-corrected chi connectivity index (χ4v) is 5.92. The Labute approximate surface area is 234 Å². The lowest BCUT2D eigenvalue weighted by Gasteiger charge is -2.10. The van der Waals surface area contributed by atoms with E-state index in [0.29, 0.717) is 31.5 Å². The van der Waals surface area contributed by atoms with Gasteiger partial charge in [0.2, 0.25) is 5.91 Å². The van der Waals surface area contributed by atoms with Gasteiger partial charge in [0.05, 0.1) is 21.7 Å². The van der Waals surface area contributed by atoms with Gasteiger partial charge in [-0.2, -0.15) is 0 Å². The smallest absolute Gasteiger partial charge is 0.248 e. The van der Waals surface area contributed by atoms with E-state index in [1.807, 2.05) is 36.6 Å². The zero-order chi connectivity index (χ0) is 28.1. The van der Waals surface area contributed by atoms with Crippen LogP contribution in [0.5, 0.6) is 11.5 Å². The van der Waals surface area contributed by atoms with Crippen molar-refractivity contribution in [1.82, 2.24) is 0 Å². The number of Topliss-reactive ketones (excluding diaryl/α,β-unsaturated/α-hetero) is 2. The van der Waals surface area contributed by atoms with Gasteiger partial charge in [-0.1, -0.05) is 19.1 Å². The normalized spacial score (nSPS) is 12.2. The molecule has 1 atom stereocenters. The Balaban J connectivity index is 1.38. The van der Waals surface area contributed by atoms with E-state index in [1.165, 1.54) is 11.3 Å². The van der Waals surface area contributed by atoms with E-state index in [-0.39, 0.29) is 36.2 Å². The monoisotopic (exact) mass is 560 g/mol. The summed E-state index contributed by atoms with van der Waals surface area (Å²) in [6.07, 6.45) is 0.273. The van der Waals surface area contributed by atoms with Crippen LogP contribution in [0.25, 0.3) is 10.4 Å². The molecule has 4 rings (SSSR count). The second-order valence-electron chi connectivity index (χ2n) is 9.06. The van der Waals surface area contributed by atoms with Gasteiger partial charge in [-0.3, -0.25) is 19.4 Å². The highest BCUT2D eigenvalue weighted by atomic mass is 32.1. The number of benzene rings is 2. The van der Waals surface area contributed by atoms with Gasteiger partial charge in [0.15, 0.2) is 11.6 Å². The lowest BCUT2D eigenvalue weighted by atomic mass is 9.94. The summed E-state index contributed by atoms with van der Waals surface area (Å²) in [4.78, 5) is 43.0. The van der Waals surface area contributed by atoms with Crippen LogP contribution in [0.1, 0.15) is 67.0 Å². The minimum atomic E-state index is -0.494. The standard InChI is InChI=1S/C30H28N2O5S2/c1-17(19-4-6-21(7-5-19)30(31)36)14-24(33)26-12-13-27(39-26)25(34)15-32-18(2)23-16-38-29(28(23)35)20-8-10-22(37-3)11-9-20/h4-13,16-17,35H,14-15H2,1-3H3,(H2,31,36). The molecule has 0 fully saturated rings. The van der Waals surface area contributed by atoms with Crippen molar-refractivity contribution in [3.8, 4) is 21.9 Å². The predicted molar refractivity (Wildman–Crippen MR) is 156 cm³/mol. The summed E-state index contributed by atoms with van der Waals surface area (Å²) in [6, 6.07) is 17.6. The number of nitrogens with two attached hydrogens (primary N) is 1. The van der Waals surface area contributed by atoms with Gasteiger partial charge in [-0.25, -0.2) is 0 Å². The first-order valence-electron chi connectivity index (χ1n) is 12.2. The van der Waals surface area contributed by atoms with E-state index in [0.717, 1.165) is 28.2 Å². The molecule has 2 aromatic carbocycles. The highest BCUT2D eigenvalue weighted by Gasteiger charge is 2.19. The van der Waals surface area contributed by atoms with E-state index in [4.69, 9.17) is 10.5 Å². The number of carbonyl (C=O) groups excluding carboxylic acids is 3. The first-order chi connectivity index (χ1) is 18.7. The molecular formula is C30H28N2O5S2. The van der Waals surface area contributed by atoms with E-state index in [1.54, 1.807) is 50.4 Å². The zero-order valence-corrected chi connectivity index (χ0v) is 23.4. The van der Waals surface area contributed by atoms with Crippen LogP contribution in [-0.4, -0.2) is 41.9 Å². The van der Waals surface area contributed by atoms with Crippen molar-refractivity contribution in [2.75, 3.05) is 13.7 Å². The van der Waals surface area contributed by atoms with E-state index in [9.17, 15) is 19.5 Å². The molecule has 0 radical (unpaired) electrons. The number of methoxy groups -OCH3 is 1. The summed E-state index contributed by atoms with van der Waals surface area (Å²) < 4.78 is 5.19. The summed E-state index contributed by atoms with van der Waals surface area (Å²) in [5.41, 5.74) is 8.64. The minimum absolute atomic E-state index is 0.0560. The van der Waals surface area contributed by atoms with Crippen molar-refractivity contribution < 1.29 is 24.2 Å².